The molecular weight excluding hydrogens is 715 g/mol. The Kier molecular flexibility index (Phi) is 13.1. The SMILES string of the molecule is CCOC(=O)c1c(NC(=O)C(Sc2cccc(NC(=O)/C(=C\c3ccc(C)cc3)NC(=O)c3ccccc3)c2)c2ccccc2)sc2c1CCCCCC2. The zero-order valence-corrected chi connectivity index (χ0v) is 32.0. The molecule has 10 heteroatoms. The van der Waals surface area contributed by atoms with E-state index in [9.17, 15) is 19.2 Å². The Morgan fingerprint density at radius 3 is 2.24 bits per heavy atom. The van der Waals surface area contributed by atoms with Crippen molar-refractivity contribution in [1.82, 2.24) is 5.32 Å². The Hall–Kier alpha value is -5.45. The average molecular weight is 758 g/mol. The first kappa shape index (κ1) is 38.3. The van der Waals surface area contributed by atoms with E-state index in [1.165, 1.54) is 23.1 Å². The fraction of sp³-hybridized carbons (Fsp3) is 0.227. The molecule has 1 aliphatic rings. The monoisotopic (exact) mass is 757 g/mol. The van der Waals surface area contributed by atoms with Gasteiger partial charge < -0.3 is 20.7 Å². The molecule has 8 nitrogen and oxygen atoms in total. The molecule has 0 spiro atoms. The highest BCUT2D eigenvalue weighted by Crippen LogP contribution is 2.41. The van der Waals surface area contributed by atoms with Crippen LogP contribution in [0.5, 0.6) is 0 Å². The molecule has 0 saturated carbocycles. The lowest BCUT2D eigenvalue weighted by Gasteiger charge is -2.18. The van der Waals surface area contributed by atoms with E-state index in [0.29, 0.717) is 21.8 Å². The Bertz CT molecular complexity index is 2130. The van der Waals surface area contributed by atoms with Crippen LogP contribution in [0.2, 0.25) is 0 Å². The molecule has 1 heterocycles. The van der Waals surface area contributed by atoms with Crippen molar-refractivity contribution >= 4 is 63.6 Å². The summed E-state index contributed by atoms with van der Waals surface area (Å²) in [6.45, 7) is 4.01. The summed E-state index contributed by atoms with van der Waals surface area (Å²) >= 11 is 2.81. The van der Waals surface area contributed by atoms with Gasteiger partial charge in [-0.2, -0.15) is 0 Å². The number of aryl methyl sites for hydroxylation is 2. The van der Waals surface area contributed by atoms with Crippen molar-refractivity contribution in [2.24, 2.45) is 0 Å². The van der Waals surface area contributed by atoms with Crippen LogP contribution >= 0.6 is 23.1 Å². The molecule has 1 aliphatic carbocycles. The predicted octanol–water partition coefficient (Wildman–Crippen LogP) is 9.77. The number of carbonyl (C=O) groups excluding carboxylic acids is 4. The number of thiophene rings is 1. The van der Waals surface area contributed by atoms with Crippen molar-refractivity contribution in [3.05, 3.63) is 153 Å². The molecule has 5 aromatic rings. The maximum absolute atomic E-state index is 14.3. The van der Waals surface area contributed by atoms with Gasteiger partial charge >= 0.3 is 5.97 Å². The van der Waals surface area contributed by atoms with Gasteiger partial charge in [0.2, 0.25) is 5.91 Å². The Morgan fingerprint density at radius 1 is 0.815 bits per heavy atom. The number of esters is 1. The standard InChI is InChI=1S/C44H43N3O5S2/c1-3-52-44(51)38-35-21-12-4-5-13-22-37(35)54-43(38)47-42(50)39(31-15-8-6-9-16-31)53-34-20-14-19-33(28-34)45-41(49)36(27-30-25-23-29(2)24-26-30)46-40(48)32-17-10-7-11-18-32/h6-11,14-20,23-28,39H,3-5,12-13,21-22H2,1-2H3,(H,45,49)(H,46,48)(H,47,50)/b36-27+. The highest BCUT2D eigenvalue weighted by Gasteiger charge is 2.29. The lowest BCUT2D eigenvalue weighted by atomic mass is 9.96. The van der Waals surface area contributed by atoms with Crippen molar-refractivity contribution in [2.75, 3.05) is 17.2 Å². The normalized spacial score (nSPS) is 13.4. The van der Waals surface area contributed by atoms with Crippen LogP contribution in [0.25, 0.3) is 6.08 Å². The number of thioether (sulfide) groups is 1. The van der Waals surface area contributed by atoms with Crippen LogP contribution < -0.4 is 16.0 Å². The molecule has 1 unspecified atom stereocenters. The fourth-order valence-corrected chi connectivity index (χ4v) is 8.62. The van der Waals surface area contributed by atoms with Crippen molar-refractivity contribution in [3.8, 4) is 0 Å². The third kappa shape index (κ3) is 9.94. The van der Waals surface area contributed by atoms with Gasteiger partial charge in [-0.15, -0.1) is 23.1 Å². The lowest BCUT2D eigenvalue weighted by Crippen LogP contribution is -2.30. The zero-order valence-electron chi connectivity index (χ0n) is 30.4. The molecule has 276 valence electrons. The van der Waals surface area contributed by atoms with Crippen LogP contribution in [0.15, 0.2) is 120 Å². The summed E-state index contributed by atoms with van der Waals surface area (Å²) in [6.07, 6.45) is 7.58. The third-order valence-corrected chi connectivity index (χ3v) is 11.4. The summed E-state index contributed by atoms with van der Waals surface area (Å²) in [5, 5.41) is 8.70. The van der Waals surface area contributed by atoms with E-state index in [2.05, 4.69) is 16.0 Å². The number of carbonyl (C=O) groups is 4. The predicted molar refractivity (Wildman–Crippen MR) is 218 cm³/mol. The molecular formula is C44H43N3O5S2. The second-order valence-corrected chi connectivity index (χ2v) is 15.3. The van der Waals surface area contributed by atoms with E-state index < -0.39 is 23.0 Å². The number of amides is 3. The van der Waals surface area contributed by atoms with Gasteiger partial charge in [0.25, 0.3) is 11.8 Å². The first-order chi connectivity index (χ1) is 26.3. The first-order valence-corrected chi connectivity index (χ1v) is 19.9. The van der Waals surface area contributed by atoms with Crippen molar-refractivity contribution in [2.45, 2.75) is 62.5 Å². The Morgan fingerprint density at radius 2 is 1.52 bits per heavy atom. The number of fused-ring (bicyclic) bond motifs is 1. The van der Waals surface area contributed by atoms with Crippen LogP contribution in [-0.4, -0.2) is 30.3 Å². The van der Waals surface area contributed by atoms with Crippen LogP contribution in [0.4, 0.5) is 10.7 Å². The van der Waals surface area contributed by atoms with Crippen LogP contribution in [-0.2, 0) is 27.2 Å². The largest absolute Gasteiger partial charge is 0.462 e. The quantitative estimate of drug-likeness (QED) is 0.0664. The minimum atomic E-state index is -0.681. The van der Waals surface area contributed by atoms with E-state index in [-0.39, 0.29) is 18.2 Å². The number of ether oxygens (including phenoxy) is 1. The summed E-state index contributed by atoms with van der Waals surface area (Å²) < 4.78 is 5.48. The number of rotatable bonds is 12. The van der Waals surface area contributed by atoms with Gasteiger partial charge in [-0.3, -0.25) is 14.4 Å². The van der Waals surface area contributed by atoms with Gasteiger partial charge in [-0.1, -0.05) is 97.3 Å². The van der Waals surface area contributed by atoms with Crippen molar-refractivity contribution < 1.29 is 23.9 Å². The molecule has 54 heavy (non-hydrogen) atoms. The summed E-state index contributed by atoms with van der Waals surface area (Å²) in [6, 6.07) is 33.1. The van der Waals surface area contributed by atoms with E-state index in [1.54, 1.807) is 49.4 Å². The van der Waals surface area contributed by atoms with Gasteiger partial charge in [0.1, 0.15) is 15.9 Å². The second-order valence-electron chi connectivity index (χ2n) is 13.0. The highest BCUT2D eigenvalue weighted by atomic mass is 32.2. The maximum Gasteiger partial charge on any atom is 0.341 e. The minimum absolute atomic E-state index is 0.0785. The molecule has 0 radical (unpaired) electrons. The van der Waals surface area contributed by atoms with Gasteiger partial charge in [0.05, 0.1) is 12.2 Å². The van der Waals surface area contributed by atoms with Gasteiger partial charge in [-0.25, -0.2) is 4.79 Å². The number of anilines is 2. The summed E-state index contributed by atoms with van der Waals surface area (Å²) in [5.74, 6) is -1.59. The molecule has 0 saturated heterocycles. The molecule has 0 fully saturated rings. The number of benzene rings is 4. The van der Waals surface area contributed by atoms with Gasteiger partial charge in [0.15, 0.2) is 0 Å². The average Bonchev–Trinajstić information content (AvgIpc) is 3.50. The minimum Gasteiger partial charge on any atom is -0.462 e. The molecule has 3 N–H and O–H groups in total. The summed E-state index contributed by atoms with van der Waals surface area (Å²) in [4.78, 5) is 56.4. The Labute approximate surface area is 324 Å². The van der Waals surface area contributed by atoms with E-state index >= 15 is 0 Å². The third-order valence-electron chi connectivity index (χ3n) is 8.99. The van der Waals surface area contributed by atoms with E-state index in [4.69, 9.17) is 4.74 Å². The topological polar surface area (TPSA) is 114 Å². The van der Waals surface area contributed by atoms with Crippen LogP contribution in [0.3, 0.4) is 0 Å². The first-order valence-electron chi connectivity index (χ1n) is 18.2. The molecule has 3 amide bonds. The second kappa shape index (κ2) is 18.5. The van der Waals surface area contributed by atoms with Gasteiger partial charge in [-0.05, 0) is 92.6 Å². The molecule has 0 aliphatic heterocycles. The molecule has 1 atom stereocenters. The van der Waals surface area contributed by atoms with Crippen molar-refractivity contribution in [1.29, 1.82) is 0 Å². The molecule has 4 aromatic carbocycles. The molecule has 1 aromatic heterocycles. The van der Waals surface area contributed by atoms with E-state index in [0.717, 1.165) is 70.6 Å². The van der Waals surface area contributed by atoms with Crippen LogP contribution in [0.1, 0.15) is 85.7 Å². The smallest absolute Gasteiger partial charge is 0.341 e. The number of nitrogens with one attached hydrogen (secondary N) is 3. The van der Waals surface area contributed by atoms with Crippen LogP contribution in [0, 0.1) is 6.92 Å². The van der Waals surface area contributed by atoms with Crippen molar-refractivity contribution in [3.63, 3.8) is 0 Å². The summed E-state index contributed by atoms with van der Waals surface area (Å²) in [5.41, 5.74) is 5.07. The number of hydrogen-bond donors (Lipinski definition) is 3. The van der Waals surface area contributed by atoms with Gasteiger partial charge in [0, 0.05) is 21.0 Å². The highest BCUT2D eigenvalue weighted by molar-refractivity contribution is 8.00. The molecule has 0 bridgehead atoms. The summed E-state index contributed by atoms with van der Waals surface area (Å²) in [7, 11) is 0. The van der Waals surface area contributed by atoms with E-state index in [1.807, 2.05) is 79.7 Å². The molecule has 6 rings (SSSR count). The Balaban J connectivity index is 1.25. The maximum atomic E-state index is 14.3. The number of hydrogen-bond acceptors (Lipinski definition) is 7. The lowest BCUT2D eigenvalue weighted by molar-refractivity contribution is -0.116. The fourth-order valence-electron chi connectivity index (χ4n) is 6.26. The zero-order chi connectivity index (χ0) is 37.9.